The minimum absolute atomic E-state index is 0.0222. The molecule has 0 spiro atoms. The molecule has 50 heavy (non-hydrogen) atoms. The lowest BCUT2D eigenvalue weighted by atomic mass is 9.62. The SMILES string of the molecule is C=C(N[C@@H](Cc1ccccc1)[C@H](O)CN1C[C@@]2(C)CCCC[C@H]2CC1C(=O)NC(C)(C)C)/C(=C\C(N)=O)NC(=O)c1ccc2ccccc2n1. The molecule has 10 heteroatoms. The summed E-state index contributed by atoms with van der Waals surface area (Å²) in [7, 11) is 0. The molecule has 6 N–H and O–H groups in total. The fraction of sp³-hybridized carbons (Fsp3) is 0.450. The van der Waals surface area contributed by atoms with Crippen molar-refractivity contribution in [2.24, 2.45) is 17.1 Å². The summed E-state index contributed by atoms with van der Waals surface area (Å²) in [5.74, 6) is -0.889. The molecule has 5 atom stereocenters. The number of nitrogens with two attached hydrogens (primary N) is 1. The number of hydrogen-bond donors (Lipinski definition) is 5. The zero-order valence-electron chi connectivity index (χ0n) is 29.7. The first-order valence-corrected chi connectivity index (χ1v) is 17.6. The summed E-state index contributed by atoms with van der Waals surface area (Å²) >= 11 is 0. The van der Waals surface area contributed by atoms with E-state index < -0.39 is 24.0 Å². The number of hydrogen-bond acceptors (Lipinski definition) is 7. The third-order valence-corrected chi connectivity index (χ3v) is 10.1. The first kappa shape index (κ1) is 36.7. The van der Waals surface area contributed by atoms with E-state index in [1.165, 1.54) is 6.42 Å². The molecular formula is C40H52N6O4. The van der Waals surface area contributed by atoms with Crippen molar-refractivity contribution in [1.82, 2.24) is 25.8 Å². The van der Waals surface area contributed by atoms with E-state index in [2.05, 4.69) is 39.3 Å². The van der Waals surface area contributed by atoms with Crippen molar-refractivity contribution >= 4 is 28.6 Å². The number of rotatable bonds is 12. The van der Waals surface area contributed by atoms with E-state index in [4.69, 9.17) is 5.73 Å². The predicted octanol–water partition coefficient (Wildman–Crippen LogP) is 4.59. The number of nitrogens with one attached hydrogen (secondary N) is 3. The van der Waals surface area contributed by atoms with E-state index in [0.717, 1.165) is 42.7 Å². The molecule has 3 amide bonds. The number of piperidine rings is 1. The lowest BCUT2D eigenvalue weighted by Crippen LogP contribution is -2.62. The number of carbonyl (C=O) groups excluding carboxylic acids is 3. The van der Waals surface area contributed by atoms with Crippen LogP contribution in [-0.4, -0.2) is 69.5 Å². The average Bonchev–Trinajstić information content (AvgIpc) is 3.06. The van der Waals surface area contributed by atoms with E-state index in [1.807, 2.05) is 75.4 Å². The topological polar surface area (TPSA) is 150 Å². The highest BCUT2D eigenvalue weighted by Gasteiger charge is 2.47. The van der Waals surface area contributed by atoms with Gasteiger partial charge in [0.05, 0.1) is 35.1 Å². The van der Waals surface area contributed by atoms with E-state index in [9.17, 15) is 19.5 Å². The summed E-state index contributed by atoms with van der Waals surface area (Å²) in [5.41, 5.74) is 7.30. The number of aromatic nitrogens is 1. The number of carbonyl (C=O) groups is 3. The highest BCUT2D eigenvalue weighted by molar-refractivity contribution is 5.97. The highest BCUT2D eigenvalue weighted by Crippen LogP contribution is 2.47. The number of benzene rings is 2. The summed E-state index contributed by atoms with van der Waals surface area (Å²) in [6.07, 6.45) is 5.85. The molecule has 1 aromatic heterocycles. The molecule has 266 valence electrons. The molecule has 1 unspecified atom stereocenters. The lowest BCUT2D eigenvalue weighted by Gasteiger charge is -2.53. The molecule has 1 aliphatic heterocycles. The number of β-amino-alcohol motifs (C(OH)–C–C–N with tert-alkyl or cyclic N) is 1. The maximum atomic E-state index is 13.7. The zero-order chi connectivity index (χ0) is 36.1. The molecule has 1 saturated heterocycles. The molecule has 1 saturated carbocycles. The van der Waals surface area contributed by atoms with Gasteiger partial charge >= 0.3 is 0 Å². The highest BCUT2D eigenvalue weighted by atomic mass is 16.3. The van der Waals surface area contributed by atoms with Gasteiger partial charge in [-0.05, 0) is 75.5 Å². The molecule has 2 aliphatic rings. The molecule has 0 radical (unpaired) electrons. The summed E-state index contributed by atoms with van der Waals surface area (Å²) in [4.78, 5) is 45.9. The van der Waals surface area contributed by atoms with E-state index in [1.54, 1.807) is 12.1 Å². The number of aliphatic hydroxyl groups excluding tert-OH is 1. The van der Waals surface area contributed by atoms with Gasteiger partial charge in [-0.2, -0.15) is 0 Å². The van der Waals surface area contributed by atoms with Crippen LogP contribution in [-0.2, 0) is 16.0 Å². The smallest absolute Gasteiger partial charge is 0.274 e. The van der Waals surface area contributed by atoms with Crippen LogP contribution in [0.15, 0.2) is 90.8 Å². The van der Waals surface area contributed by atoms with Crippen LogP contribution in [0.2, 0.25) is 0 Å². The Kier molecular flexibility index (Phi) is 11.4. The first-order chi connectivity index (χ1) is 23.7. The second kappa shape index (κ2) is 15.6. The molecule has 2 heterocycles. The Morgan fingerprint density at radius 3 is 2.52 bits per heavy atom. The van der Waals surface area contributed by atoms with Gasteiger partial charge in [-0.3, -0.25) is 19.3 Å². The van der Waals surface area contributed by atoms with Crippen LogP contribution in [0.1, 0.15) is 75.9 Å². The molecule has 1 aliphatic carbocycles. The molecule has 2 fully saturated rings. The third kappa shape index (κ3) is 9.37. The predicted molar refractivity (Wildman–Crippen MR) is 197 cm³/mol. The van der Waals surface area contributed by atoms with E-state index >= 15 is 0 Å². The van der Waals surface area contributed by atoms with Crippen LogP contribution in [0.4, 0.5) is 0 Å². The fourth-order valence-electron chi connectivity index (χ4n) is 7.53. The minimum Gasteiger partial charge on any atom is -0.390 e. The van der Waals surface area contributed by atoms with E-state index in [-0.39, 0.29) is 46.5 Å². The Morgan fingerprint density at radius 2 is 1.80 bits per heavy atom. The summed E-state index contributed by atoms with van der Waals surface area (Å²) in [6.45, 7) is 13.4. The monoisotopic (exact) mass is 680 g/mol. The third-order valence-electron chi connectivity index (χ3n) is 10.1. The molecule has 0 bridgehead atoms. The number of likely N-dealkylation sites (tertiary alicyclic amines) is 1. The van der Waals surface area contributed by atoms with Crippen molar-refractivity contribution < 1.29 is 19.5 Å². The largest absolute Gasteiger partial charge is 0.390 e. The molecule has 5 rings (SSSR count). The number of fused-ring (bicyclic) bond motifs is 2. The van der Waals surface area contributed by atoms with Crippen LogP contribution in [0.25, 0.3) is 10.9 Å². The van der Waals surface area contributed by atoms with E-state index in [0.29, 0.717) is 24.4 Å². The summed E-state index contributed by atoms with van der Waals surface area (Å²) in [5, 5.41) is 22.2. The van der Waals surface area contributed by atoms with Gasteiger partial charge in [0.1, 0.15) is 5.69 Å². The lowest BCUT2D eigenvalue weighted by molar-refractivity contribution is -0.135. The molecule has 10 nitrogen and oxygen atoms in total. The molecule has 3 aromatic rings. The number of nitrogens with zero attached hydrogens (tertiary/aromatic N) is 2. The zero-order valence-corrected chi connectivity index (χ0v) is 29.7. The Morgan fingerprint density at radius 1 is 1.08 bits per heavy atom. The number of amides is 3. The maximum absolute atomic E-state index is 13.7. The van der Waals surface area contributed by atoms with Crippen LogP contribution in [0.3, 0.4) is 0 Å². The number of aliphatic hydroxyl groups is 1. The van der Waals surface area contributed by atoms with Crippen LogP contribution in [0.5, 0.6) is 0 Å². The van der Waals surface area contributed by atoms with Crippen LogP contribution < -0.4 is 21.7 Å². The van der Waals surface area contributed by atoms with Gasteiger partial charge in [-0.15, -0.1) is 0 Å². The number of pyridine rings is 1. The standard InChI is InChI=1S/C40H52N6O4/c1-26(32(23-36(41)48)44-37(49)31-19-18-28-15-9-10-17-30(28)43-31)42-33(21-27-13-7-6-8-14-27)35(47)24-46-25-40(5)20-12-11-16-29(40)22-34(46)38(50)45-39(2,3)4/h6-10,13-15,17-19,23,29,33-35,42,47H,1,11-12,16,20-22,24-25H2,2-5H3,(H2,41,48)(H,44,49)(H,45,50)/b32-23+/t29-,33-,34?,35+,40+/m0/s1. The molecular weight excluding hydrogens is 628 g/mol. The average molecular weight is 681 g/mol. The summed E-state index contributed by atoms with van der Waals surface area (Å²) in [6, 6.07) is 19.7. The van der Waals surface area contributed by atoms with Gasteiger partial charge in [0.25, 0.3) is 5.91 Å². The van der Waals surface area contributed by atoms with Gasteiger partial charge in [0, 0.05) is 30.1 Å². The van der Waals surface area contributed by atoms with Gasteiger partial charge < -0.3 is 26.8 Å². The first-order valence-electron chi connectivity index (χ1n) is 17.6. The maximum Gasteiger partial charge on any atom is 0.274 e. The molecule has 2 aromatic carbocycles. The van der Waals surface area contributed by atoms with Crippen molar-refractivity contribution in [3.8, 4) is 0 Å². The van der Waals surface area contributed by atoms with Crippen molar-refractivity contribution in [2.45, 2.75) is 89.9 Å². The Hall–Kier alpha value is -4.54. The second-order valence-corrected chi connectivity index (χ2v) is 15.3. The Balaban J connectivity index is 1.39. The Labute approximate surface area is 295 Å². The van der Waals surface area contributed by atoms with Crippen molar-refractivity contribution in [3.63, 3.8) is 0 Å². The van der Waals surface area contributed by atoms with Crippen molar-refractivity contribution in [3.05, 3.63) is 102 Å². The van der Waals surface area contributed by atoms with Crippen molar-refractivity contribution in [2.75, 3.05) is 13.1 Å². The van der Waals surface area contributed by atoms with Gasteiger partial charge in [-0.1, -0.05) is 80.9 Å². The van der Waals surface area contributed by atoms with Gasteiger partial charge in [-0.25, -0.2) is 4.98 Å². The van der Waals surface area contributed by atoms with Gasteiger partial charge in [0.15, 0.2) is 0 Å². The number of primary amides is 1. The Bertz CT molecular complexity index is 1730. The summed E-state index contributed by atoms with van der Waals surface area (Å²) < 4.78 is 0. The minimum atomic E-state index is -0.951. The van der Waals surface area contributed by atoms with Crippen LogP contribution >= 0.6 is 0 Å². The van der Waals surface area contributed by atoms with Crippen molar-refractivity contribution in [1.29, 1.82) is 0 Å². The normalized spacial score (nSPS) is 22.5. The van der Waals surface area contributed by atoms with Gasteiger partial charge in [0.2, 0.25) is 11.8 Å². The second-order valence-electron chi connectivity index (χ2n) is 15.3. The fourth-order valence-corrected chi connectivity index (χ4v) is 7.53. The number of para-hydroxylation sites is 1. The van der Waals surface area contributed by atoms with Crippen LogP contribution in [0, 0.1) is 11.3 Å². The quantitative estimate of drug-likeness (QED) is 0.139.